The molecule has 0 bridgehead atoms. The fourth-order valence-electron chi connectivity index (χ4n) is 1.92. The first-order valence-electron chi connectivity index (χ1n) is 6.39. The number of carbonyl (C=O) groups is 1. The SMILES string of the molecule is C=CCNc1nc(C)cn1-c1cccc(NC(C)=O)c1. The molecule has 2 rings (SSSR count). The third kappa shape index (κ3) is 3.26. The number of hydrogen-bond donors (Lipinski definition) is 2. The number of benzene rings is 1. The van der Waals surface area contributed by atoms with Gasteiger partial charge in [-0.15, -0.1) is 6.58 Å². The Bertz CT molecular complexity index is 631. The van der Waals surface area contributed by atoms with Gasteiger partial charge in [0.15, 0.2) is 0 Å². The summed E-state index contributed by atoms with van der Waals surface area (Å²) in [6, 6.07) is 7.62. The van der Waals surface area contributed by atoms with E-state index in [0.717, 1.165) is 23.0 Å². The van der Waals surface area contributed by atoms with Crippen LogP contribution in [0.3, 0.4) is 0 Å². The number of anilines is 2. The van der Waals surface area contributed by atoms with Crippen LogP contribution >= 0.6 is 0 Å². The van der Waals surface area contributed by atoms with Crippen molar-refractivity contribution < 1.29 is 4.79 Å². The summed E-state index contributed by atoms with van der Waals surface area (Å²) < 4.78 is 1.95. The number of carbonyl (C=O) groups excluding carboxylic acids is 1. The van der Waals surface area contributed by atoms with Crippen molar-refractivity contribution in [1.29, 1.82) is 0 Å². The number of amides is 1. The van der Waals surface area contributed by atoms with Gasteiger partial charge in [0.1, 0.15) is 0 Å². The van der Waals surface area contributed by atoms with Crippen LogP contribution in [-0.2, 0) is 4.79 Å². The van der Waals surface area contributed by atoms with Gasteiger partial charge in [0.25, 0.3) is 0 Å². The minimum absolute atomic E-state index is 0.0889. The van der Waals surface area contributed by atoms with E-state index in [9.17, 15) is 4.79 Å². The molecule has 0 aliphatic rings. The lowest BCUT2D eigenvalue weighted by molar-refractivity contribution is -0.114. The molecule has 0 fully saturated rings. The molecule has 5 nitrogen and oxygen atoms in total. The Kier molecular flexibility index (Phi) is 4.20. The van der Waals surface area contributed by atoms with Crippen LogP contribution in [0.2, 0.25) is 0 Å². The maximum atomic E-state index is 11.1. The molecule has 0 atom stereocenters. The molecule has 5 heteroatoms. The first-order chi connectivity index (χ1) is 9.60. The molecule has 0 saturated heterocycles. The summed E-state index contributed by atoms with van der Waals surface area (Å²) in [5.74, 6) is 0.663. The number of nitrogens with zero attached hydrogens (tertiary/aromatic N) is 2. The van der Waals surface area contributed by atoms with E-state index < -0.39 is 0 Å². The van der Waals surface area contributed by atoms with Crippen LogP contribution in [0.5, 0.6) is 0 Å². The van der Waals surface area contributed by atoms with Gasteiger partial charge < -0.3 is 10.6 Å². The number of nitrogens with one attached hydrogen (secondary N) is 2. The summed E-state index contributed by atoms with van der Waals surface area (Å²) in [6.45, 7) is 7.75. The van der Waals surface area contributed by atoms with Crippen LogP contribution in [0, 0.1) is 6.92 Å². The maximum Gasteiger partial charge on any atom is 0.221 e. The average molecular weight is 270 g/mol. The van der Waals surface area contributed by atoms with Gasteiger partial charge >= 0.3 is 0 Å². The fraction of sp³-hybridized carbons (Fsp3) is 0.200. The van der Waals surface area contributed by atoms with Crippen LogP contribution in [0.4, 0.5) is 11.6 Å². The molecule has 20 heavy (non-hydrogen) atoms. The topological polar surface area (TPSA) is 59.0 Å². The molecule has 0 unspecified atom stereocenters. The van der Waals surface area contributed by atoms with Gasteiger partial charge in [0.2, 0.25) is 11.9 Å². The van der Waals surface area contributed by atoms with Crippen molar-refractivity contribution in [3.05, 3.63) is 48.8 Å². The zero-order chi connectivity index (χ0) is 14.5. The standard InChI is InChI=1S/C15H18N4O/c1-4-8-16-15-17-11(2)10-19(15)14-7-5-6-13(9-14)18-12(3)20/h4-7,9-10H,1,8H2,2-3H3,(H,16,17)(H,18,20). The molecular formula is C15H18N4O. The third-order valence-electron chi connectivity index (χ3n) is 2.68. The molecule has 1 aromatic carbocycles. The lowest BCUT2D eigenvalue weighted by atomic mass is 10.2. The highest BCUT2D eigenvalue weighted by Crippen LogP contribution is 2.19. The van der Waals surface area contributed by atoms with Gasteiger partial charge in [-0.25, -0.2) is 4.98 Å². The van der Waals surface area contributed by atoms with E-state index in [2.05, 4.69) is 22.2 Å². The summed E-state index contributed by atoms with van der Waals surface area (Å²) in [7, 11) is 0. The molecule has 0 aliphatic heterocycles. The first kappa shape index (κ1) is 13.9. The van der Waals surface area contributed by atoms with Gasteiger partial charge in [-0.2, -0.15) is 0 Å². The summed E-state index contributed by atoms with van der Waals surface area (Å²) in [6.07, 6.45) is 3.72. The summed E-state index contributed by atoms with van der Waals surface area (Å²) in [5, 5.41) is 5.96. The largest absolute Gasteiger partial charge is 0.352 e. The minimum atomic E-state index is -0.0889. The lowest BCUT2D eigenvalue weighted by Crippen LogP contribution is -2.08. The monoisotopic (exact) mass is 270 g/mol. The Morgan fingerprint density at radius 2 is 2.30 bits per heavy atom. The molecule has 1 heterocycles. The maximum absolute atomic E-state index is 11.1. The van der Waals surface area contributed by atoms with E-state index in [1.165, 1.54) is 6.92 Å². The Morgan fingerprint density at radius 3 is 3.00 bits per heavy atom. The van der Waals surface area contributed by atoms with Crippen molar-refractivity contribution >= 4 is 17.5 Å². The number of hydrogen-bond acceptors (Lipinski definition) is 3. The highest BCUT2D eigenvalue weighted by Gasteiger charge is 2.07. The van der Waals surface area contributed by atoms with Gasteiger partial charge in [-0.1, -0.05) is 12.1 Å². The summed E-state index contributed by atoms with van der Waals surface area (Å²) >= 11 is 0. The average Bonchev–Trinajstić information content (AvgIpc) is 2.77. The molecule has 0 aliphatic carbocycles. The third-order valence-corrected chi connectivity index (χ3v) is 2.68. The number of aromatic nitrogens is 2. The number of aryl methyl sites for hydroxylation is 1. The predicted molar refractivity (Wildman–Crippen MR) is 81.3 cm³/mol. The molecule has 104 valence electrons. The molecule has 1 aromatic heterocycles. The molecule has 1 amide bonds. The first-order valence-corrected chi connectivity index (χ1v) is 6.39. The van der Waals surface area contributed by atoms with Crippen LogP contribution in [0.15, 0.2) is 43.1 Å². The Morgan fingerprint density at radius 1 is 1.50 bits per heavy atom. The van der Waals surface area contributed by atoms with E-state index in [0.29, 0.717) is 6.54 Å². The molecule has 2 N–H and O–H groups in total. The molecule has 0 spiro atoms. The van der Waals surface area contributed by atoms with Crippen molar-refractivity contribution in [3.63, 3.8) is 0 Å². The van der Waals surface area contributed by atoms with E-state index in [4.69, 9.17) is 0 Å². The molecule has 0 saturated carbocycles. The van der Waals surface area contributed by atoms with E-state index in [-0.39, 0.29) is 5.91 Å². The van der Waals surface area contributed by atoms with Gasteiger partial charge in [0.05, 0.1) is 11.4 Å². The Balaban J connectivity index is 2.35. The normalized spacial score (nSPS) is 10.1. The van der Waals surface area contributed by atoms with Crippen molar-refractivity contribution in [3.8, 4) is 5.69 Å². The van der Waals surface area contributed by atoms with Crippen LogP contribution in [0.25, 0.3) is 5.69 Å². The zero-order valence-electron chi connectivity index (χ0n) is 11.7. The molecular weight excluding hydrogens is 252 g/mol. The van der Waals surface area contributed by atoms with Crippen LogP contribution in [0.1, 0.15) is 12.6 Å². The number of imidazole rings is 1. The van der Waals surface area contributed by atoms with E-state index in [1.54, 1.807) is 6.08 Å². The van der Waals surface area contributed by atoms with Crippen molar-refractivity contribution in [2.45, 2.75) is 13.8 Å². The molecule has 0 radical (unpaired) electrons. The van der Waals surface area contributed by atoms with Crippen LogP contribution < -0.4 is 10.6 Å². The fourth-order valence-corrected chi connectivity index (χ4v) is 1.92. The zero-order valence-corrected chi connectivity index (χ0v) is 11.7. The highest BCUT2D eigenvalue weighted by molar-refractivity contribution is 5.88. The summed E-state index contributed by atoms with van der Waals surface area (Å²) in [5.41, 5.74) is 2.61. The van der Waals surface area contributed by atoms with Gasteiger partial charge in [-0.3, -0.25) is 9.36 Å². The number of rotatable bonds is 5. The van der Waals surface area contributed by atoms with E-state index in [1.807, 2.05) is 42.0 Å². The second-order valence-electron chi connectivity index (χ2n) is 4.48. The van der Waals surface area contributed by atoms with Gasteiger partial charge in [-0.05, 0) is 25.1 Å². The Labute approximate surface area is 118 Å². The second kappa shape index (κ2) is 6.06. The minimum Gasteiger partial charge on any atom is -0.352 e. The molecule has 2 aromatic rings. The van der Waals surface area contributed by atoms with Crippen molar-refractivity contribution in [1.82, 2.24) is 9.55 Å². The van der Waals surface area contributed by atoms with Crippen LogP contribution in [-0.4, -0.2) is 22.0 Å². The van der Waals surface area contributed by atoms with Crippen molar-refractivity contribution in [2.24, 2.45) is 0 Å². The quantitative estimate of drug-likeness (QED) is 0.821. The van der Waals surface area contributed by atoms with Gasteiger partial charge in [0, 0.05) is 25.4 Å². The lowest BCUT2D eigenvalue weighted by Gasteiger charge is -2.10. The highest BCUT2D eigenvalue weighted by atomic mass is 16.1. The second-order valence-corrected chi connectivity index (χ2v) is 4.48. The smallest absolute Gasteiger partial charge is 0.221 e. The summed E-state index contributed by atoms with van der Waals surface area (Å²) in [4.78, 5) is 15.6. The van der Waals surface area contributed by atoms with Crippen molar-refractivity contribution in [2.75, 3.05) is 17.2 Å². The van der Waals surface area contributed by atoms with E-state index >= 15 is 0 Å². The predicted octanol–water partition coefficient (Wildman–Crippen LogP) is 2.74. The Hall–Kier alpha value is -2.56.